The molecule has 102 valence electrons. The van der Waals surface area contributed by atoms with Crippen LogP contribution in [0.25, 0.3) is 0 Å². The van der Waals surface area contributed by atoms with Crippen LogP contribution < -0.4 is 4.90 Å². The lowest BCUT2D eigenvalue weighted by atomic mass is 10.2. The van der Waals surface area contributed by atoms with Crippen LogP contribution in [0.5, 0.6) is 0 Å². The summed E-state index contributed by atoms with van der Waals surface area (Å²) in [7, 11) is 0. The third kappa shape index (κ3) is 4.18. The number of aliphatic hydroxyl groups is 1. The van der Waals surface area contributed by atoms with E-state index in [1.165, 1.54) is 11.1 Å². The first kappa shape index (κ1) is 14.8. The lowest BCUT2D eigenvalue weighted by Gasteiger charge is -2.27. The molecule has 18 heavy (non-hydrogen) atoms. The third-order valence-electron chi connectivity index (χ3n) is 2.47. The monoisotopic (exact) mass is 262 g/mol. The fourth-order valence-corrected chi connectivity index (χ4v) is 1.76. The van der Waals surface area contributed by atoms with Crippen molar-refractivity contribution in [1.82, 2.24) is 4.98 Å². The lowest BCUT2D eigenvalue weighted by molar-refractivity contribution is -0.119. The molecule has 6 heteroatoms. The van der Waals surface area contributed by atoms with Crippen molar-refractivity contribution < 1.29 is 18.3 Å². The number of aryl methyl sites for hydroxylation is 1. The molecule has 0 aliphatic carbocycles. The minimum absolute atomic E-state index is 0.288. The van der Waals surface area contributed by atoms with Crippen molar-refractivity contribution in [1.29, 1.82) is 0 Å². The van der Waals surface area contributed by atoms with Gasteiger partial charge in [-0.1, -0.05) is 6.92 Å². The summed E-state index contributed by atoms with van der Waals surface area (Å²) < 4.78 is 37.6. The number of anilines is 1. The minimum atomic E-state index is -4.26. The molecule has 0 atom stereocenters. The zero-order chi connectivity index (χ0) is 13.8. The van der Waals surface area contributed by atoms with E-state index in [2.05, 4.69) is 4.98 Å². The van der Waals surface area contributed by atoms with E-state index in [0.717, 1.165) is 0 Å². The molecular weight excluding hydrogens is 245 g/mol. The highest BCUT2D eigenvalue weighted by Crippen LogP contribution is 2.26. The van der Waals surface area contributed by atoms with Gasteiger partial charge in [-0.15, -0.1) is 0 Å². The number of aromatic nitrogens is 1. The maximum absolute atomic E-state index is 12.5. The van der Waals surface area contributed by atoms with Crippen LogP contribution in [0.2, 0.25) is 0 Å². The summed E-state index contributed by atoms with van der Waals surface area (Å²) in [6.07, 6.45) is -2.24. The van der Waals surface area contributed by atoms with Crippen molar-refractivity contribution in [3.8, 4) is 0 Å². The Kier molecular flexibility index (Phi) is 4.95. The Morgan fingerprint density at radius 3 is 2.56 bits per heavy atom. The van der Waals surface area contributed by atoms with E-state index in [0.29, 0.717) is 23.4 Å². The average Bonchev–Trinajstić information content (AvgIpc) is 2.26. The van der Waals surface area contributed by atoms with E-state index in [-0.39, 0.29) is 13.2 Å². The molecule has 0 aliphatic rings. The number of hydrogen-bond donors (Lipinski definition) is 1. The van der Waals surface area contributed by atoms with E-state index in [1.807, 2.05) is 6.92 Å². The molecule has 0 unspecified atom stereocenters. The van der Waals surface area contributed by atoms with Gasteiger partial charge < -0.3 is 10.0 Å². The summed E-state index contributed by atoms with van der Waals surface area (Å²) in [5.74, 6) is 0. The van der Waals surface area contributed by atoms with Gasteiger partial charge in [-0.3, -0.25) is 4.98 Å². The number of aliphatic hydroxyl groups excluding tert-OH is 1. The molecule has 0 bridgehead atoms. The first-order chi connectivity index (χ1) is 8.37. The molecule has 1 rings (SSSR count). The predicted molar refractivity (Wildman–Crippen MR) is 63.5 cm³/mol. The molecule has 0 fully saturated rings. The summed E-state index contributed by atoms with van der Waals surface area (Å²) in [5, 5.41) is 9.18. The van der Waals surface area contributed by atoms with Crippen LogP contribution in [0.3, 0.4) is 0 Å². The Labute approximate surface area is 104 Å². The van der Waals surface area contributed by atoms with Gasteiger partial charge in [0.25, 0.3) is 0 Å². The standard InChI is InChI=1S/C12H17F3N2O/c1-3-4-17(8-12(13,14)15)11-5-9(2)16-6-10(11)7-18/h5-6,18H,3-4,7-8H2,1-2H3. The average molecular weight is 262 g/mol. The van der Waals surface area contributed by atoms with Crippen LogP contribution in [0.15, 0.2) is 12.3 Å². The first-order valence-electron chi connectivity index (χ1n) is 5.75. The smallest absolute Gasteiger partial charge is 0.392 e. The summed E-state index contributed by atoms with van der Waals surface area (Å²) in [6, 6.07) is 1.58. The number of rotatable bonds is 5. The van der Waals surface area contributed by atoms with E-state index in [9.17, 15) is 18.3 Å². The number of pyridine rings is 1. The van der Waals surface area contributed by atoms with Crippen molar-refractivity contribution in [3.05, 3.63) is 23.5 Å². The molecule has 0 saturated heterocycles. The quantitative estimate of drug-likeness (QED) is 0.886. The summed E-state index contributed by atoms with van der Waals surface area (Å²) in [4.78, 5) is 5.22. The molecule has 0 aliphatic heterocycles. The number of halogens is 3. The predicted octanol–water partition coefficient (Wildman–Crippen LogP) is 2.66. The maximum atomic E-state index is 12.5. The Balaban J connectivity index is 3.07. The molecule has 1 aromatic heterocycles. The Hall–Kier alpha value is -1.30. The van der Waals surface area contributed by atoms with Crippen LogP contribution in [0, 0.1) is 6.92 Å². The van der Waals surface area contributed by atoms with Crippen molar-refractivity contribution in [2.75, 3.05) is 18.0 Å². The molecule has 3 nitrogen and oxygen atoms in total. The Morgan fingerprint density at radius 2 is 2.06 bits per heavy atom. The SMILES string of the molecule is CCCN(CC(F)(F)F)c1cc(C)ncc1CO. The second-order valence-corrected chi connectivity index (χ2v) is 4.15. The van der Waals surface area contributed by atoms with Crippen LogP contribution in [0.1, 0.15) is 24.6 Å². The minimum Gasteiger partial charge on any atom is -0.392 e. The summed E-state index contributed by atoms with van der Waals surface area (Å²) >= 11 is 0. The molecule has 0 amide bonds. The van der Waals surface area contributed by atoms with Crippen molar-refractivity contribution in [3.63, 3.8) is 0 Å². The first-order valence-corrected chi connectivity index (χ1v) is 5.75. The van der Waals surface area contributed by atoms with Gasteiger partial charge in [-0.2, -0.15) is 13.2 Å². The van der Waals surface area contributed by atoms with E-state index in [4.69, 9.17) is 0 Å². The van der Waals surface area contributed by atoms with Crippen LogP contribution in [-0.4, -0.2) is 29.4 Å². The van der Waals surface area contributed by atoms with Gasteiger partial charge in [0.1, 0.15) is 6.54 Å². The molecule has 0 aromatic carbocycles. The lowest BCUT2D eigenvalue weighted by Crippen LogP contribution is -2.35. The number of alkyl halides is 3. The van der Waals surface area contributed by atoms with Crippen molar-refractivity contribution in [2.45, 2.75) is 33.1 Å². The zero-order valence-corrected chi connectivity index (χ0v) is 10.5. The third-order valence-corrected chi connectivity index (χ3v) is 2.47. The molecule has 1 N–H and O–H groups in total. The van der Waals surface area contributed by atoms with E-state index < -0.39 is 12.7 Å². The maximum Gasteiger partial charge on any atom is 0.405 e. The highest BCUT2D eigenvalue weighted by molar-refractivity contribution is 5.53. The molecule has 0 spiro atoms. The van der Waals surface area contributed by atoms with Gasteiger partial charge in [-0.25, -0.2) is 0 Å². The number of hydrogen-bond acceptors (Lipinski definition) is 3. The van der Waals surface area contributed by atoms with Gasteiger partial charge in [0.2, 0.25) is 0 Å². The Morgan fingerprint density at radius 1 is 1.39 bits per heavy atom. The topological polar surface area (TPSA) is 36.4 Å². The van der Waals surface area contributed by atoms with Crippen molar-refractivity contribution >= 4 is 5.69 Å². The van der Waals surface area contributed by atoms with Crippen LogP contribution >= 0.6 is 0 Å². The van der Waals surface area contributed by atoms with Gasteiger partial charge >= 0.3 is 6.18 Å². The Bertz CT molecular complexity index is 393. The highest BCUT2D eigenvalue weighted by Gasteiger charge is 2.31. The normalized spacial score (nSPS) is 11.7. The molecule has 0 saturated carbocycles. The van der Waals surface area contributed by atoms with E-state index >= 15 is 0 Å². The molecule has 1 aromatic rings. The second-order valence-electron chi connectivity index (χ2n) is 4.15. The van der Waals surface area contributed by atoms with Crippen LogP contribution in [0.4, 0.5) is 18.9 Å². The van der Waals surface area contributed by atoms with Gasteiger partial charge in [0.15, 0.2) is 0 Å². The van der Waals surface area contributed by atoms with Crippen molar-refractivity contribution in [2.24, 2.45) is 0 Å². The van der Waals surface area contributed by atoms with Crippen LogP contribution in [-0.2, 0) is 6.61 Å². The van der Waals surface area contributed by atoms with Gasteiger partial charge in [-0.05, 0) is 19.4 Å². The zero-order valence-electron chi connectivity index (χ0n) is 10.5. The largest absolute Gasteiger partial charge is 0.405 e. The van der Waals surface area contributed by atoms with E-state index in [1.54, 1.807) is 13.0 Å². The highest BCUT2D eigenvalue weighted by atomic mass is 19.4. The summed E-state index contributed by atoms with van der Waals surface area (Å²) in [5.41, 5.74) is 1.45. The summed E-state index contributed by atoms with van der Waals surface area (Å²) in [6.45, 7) is 2.48. The fourth-order valence-electron chi connectivity index (χ4n) is 1.76. The molecular formula is C12H17F3N2O. The molecule has 0 radical (unpaired) electrons. The number of nitrogens with zero attached hydrogens (tertiary/aromatic N) is 2. The fraction of sp³-hybridized carbons (Fsp3) is 0.583. The van der Waals surface area contributed by atoms with Gasteiger partial charge in [0.05, 0.1) is 6.61 Å². The van der Waals surface area contributed by atoms with Gasteiger partial charge in [0, 0.05) is 29.7 Å². The molecule has 1 heterocycles. The second kappa shape index (κ2) is 6.04.